The Hall–Kier alpha value is -5.11. The highest BCUT2D eigenvalue weighted by atomic mass is 35.5. The van der Waals surface area contributed by atoms with Crippen molar-refractivity contribution in [1.29, 1.82) is 0 Å². The molecule has 0 heterocycles. The van der Waals surface area contributed by atoms with Crippen LogP contribution in [0.4, 0.5) is 13.2 Å². The number of halogens is 4. The van der Waals surface area contributed by atoms with Gasteiger partial charge in [-0.15, -0.1) is 0 Å². The van der Waals surface area contributed by atoms with Gasteiger partial charge >= 0.3 is 12.1 Å². The van der Waals surface area contributed by atoms with Crippen molar-refractivity contribution in [3.63, 3.8) is 0 Å². The molecule has 3 rings (SSSR count). The molecule has 0 saturated heterocycles. The fourth-order valence-corrected chi connectivity index (χ4v) is 5.07. The number of benzene rings is 3. The Balaban J connectivity index is 1.89. The number of ether oxygens (including phenoxy) is 3. The normalized spacial score (nSPS) is 13.3. The first-order chi connectivity index (χ1) is 24.3. The average molecular weight is 748 g/mol. The second kappa shape index (κ2) is 17.9. The Bertz CT molecular complexity index is 1730. The number of carbonyl (C=O) groups is 5. The van der Waals surface area contributed by atoms with E-state index < -0.39 is 65.3 Å². The van der Waals surface area contributed by atoms with Crippen LogP contribution in [0.5, 0.6) is 11.5 Å². The number of nitrogens with one attached hydrogen (secondary N) is 3. The summed E-state index contributed by atoms with van der Waals surface area (Å²) < 4.78 is 56.1. The van der Waals surface area contributed by atoms with Crippen LogP contribution in [0.2, 0.25) is 5.02 Å². The van der Waals surface area contributed by atoms with E-state index in [9.17, 15) is 37.1 Å². The molecular formula is C37H41ClF3N3O8. The molecule has 0 bridgehead atoms. The number of amides is 3. The van der Waals surface area contributed by atoms with Crippen molar-refractivity contribution in [3.05, 3.63) is 94.5 Å². The Labute approximate surface area is 304 Å². The molecule has 0 fully saturated rings. The number of esters is 1. The summed E-state index contributed by atoms with van der Waals surface area (Å²) >= 11 is 6.16. The summed E-state index contributed by atoms with van der Waals surface area (Å²) in [4.78, 5) is 65.2. The first kappa shape index (κ1) is 41.3. The van der Waals surface area contributed by atoms with Crippen LogP contribution in [0, 0.1) is 5.92 Å². The molecule has 0 spiro atoms. The molecule has 0 saturated carbocycles. The number of carbonyl (C=O) groups excluding carboxylic acids is 5. The molecule has 0 aliphatic carbocycles. The van der Waals surface area contributed by atoms with Gasteiger partial charge in [0.25, 0.3) is 11.7 Å². The summed E-state index contributed by atoms with van der Waals surface area (Å²) in [5, 5.41) is 7.69. The zero-order valence-electron chi connectivity index (χ0n) is 29.4. The highest BCUT2D eigenvalue weighted by Crippen LogP contribution is 2.24. The first-order valence-corrected chi connectivity index (χ1v) is 16.5. The summed E-state index contributed by atoms with van der Waals surface area (Å²) in [5.41, 5.74) is 0.115. The third-order valence-electron chi connectivity index (χ3n) is 7.37. The molecule has 3 N–H and O–H groups in total. The van der Waals surface area contributed by atoms with Gasteiger partial charge in [0.05, 0.1) is 13.2 Å². The minimum Gasteiger partial charge on any atom is -0.497 e. The second-order valence-electron chi connectivity index (χ2n) is 13.1. The fourth-order valence-electron chi connectivity index (χ4n) is 4.85. The second-order valence-corrected chi connectivity index (χ2v) is 13.5. The number of hydrogen-bond acceptors (Lipinski definition) is 8. The van der Waals surface area contributed by atoms with Gasteiger partial charge in [0.1, 0.15) is 29.2 Å². The smallest absolute Gasteiger partial charge is 0.452 e. The Kier molecular flexibility index (Phi) is 14.2. The van der Waals surface area contributed by atoms with E-state index in [-0.39, 0.29) is 29.9 Å². The van der Waals surface area contributed by atoms with E-state index in [1.807, 2.05) is 0 Å². The van der Waals surface area contributed by atoms with Crippen molar-refractivity contribution >= 4 is 41.1 Å². The largest absolute Gasteiger partial charge is 0.497 e. The lowest BCUT2D eigenvalue weighted by molar-refractivity contribution is -0.175. The lowest BCUT2D eigenvalue weighted by Crippen LogP contribution is -2.55. The summed E-state index contributed by atoms with van der Waals surface area (Å²) in [6, 6.07) is 13.2. The van der Waals surface area contributed by atoms with Gasteiger partial charge in [-0.05, 0) is 86.3 Å². The number of alkyl halides is 3. The third kappa shape index (κ3) is 12.6. The number of hydrogen-bond donors (Lipinski definition) is 3. The van der Waals surface area contributed by atoms with Gasteiger partial charge in [-0.25, -0.2) is 4.79 Å². The van der Waals surface area contributed by atoms with E-state index in [0.717, 1.165) is 0 Å². The van der Waals surface area contributed by atoms with E-state index in [2.05, 4.69) is 16.0 Å². The van der Waals surface area contributed by atoms with Crippen LogP contribution in [-0.4, -0.2) is 67.1 Å². The van der Waals surface area contributed by atoms with E-state index in [1.54, 1.807) is 45.0 Å². The standard InChI is InChI=1S/C37H41ClF3N3O8/c1-21(2)30(32(46)37(39,40)41)43-35(49)31(23-10-14-26(50-6)15-11-23)44-34(48)28(19-22-8-7-9-25(38)18-22)42-33(47)24-12-16-27(17-13-24)51-20-29(45)52-36(3,4)5/h7-18,21,28,30-31H,19-20H2,1-6H3,(H,42,47)(H,43,49)(H,44,48)/t28?,30-,31?/m0/s1. The molecular weight excluding hydrogens is 707 g/mol. The minimum absolute atomic E-state index is 0.104. The van der Waals surface area contributed by atoms with Crippen molar-refractivity contribution in [2.24, 2.45) is 5.92 Å². The molecule has 0 aromatic heterocycles. The highest BCUT2D eigenvalue weighted by molar-refractivity contribution is 6.30. The summed E-state index contributed by atoms with van der Waals surface area (Å²) in [6.45, 7) is 7.47. The van der Waals surface area contributed by atoms with Gasteiger partial charge in [0.2, 0.25) is 11.8 Å². The quantitative estimate of drug-likeness (QED) is 0.172. The van der Waals surface area contributed by atoms with Crippen LogP contribution in [-0.2, 0) is 30.3 Å². The fraction of sp³-hybridized carbons (Fsp3) is 0.378. The van der Waals surface area contributed by atoms with Crippen LogP contribution in [0.3, 0.4) is 0 Å². The molecule has 11 nitrogen and oxygen atoms in total. The number of Topliss-reactive ketones (excluding diaryl/α,β-unsaturated/α-hetero) is 1. The van der Waals surface area contributed by atoms with E-state index >= 15 is 0 Å². The summed E-state index contributed by atoms with van der Waals surface area (Å²) in [5.74, 6) is -5.67. The van der Waals surface area contributed by atoms with Gasteiger partial charge in [0.15, 0.2) is 6.61 Å². The van der Waals surface area contributed by atoms with Crippen LogP contribution >= 0.6 is 11.6 Å². The maximum absolute atomic E-state index is 14.0. The zero-order valence-corrected chi connectivity index (χ0v) is 30.2. The van der Waals surface area contributed by atoms with Crippen molar-refractivity contribution in [3.8, 4) is 11.5 Å². The molecule has 280 valence electrons. The van der Waals surface area contributed by atoms with Crippen LogP contribution in [0.25, 0.3) is 0 Å². The molecule has 0 aliphatic heterocycles. The van der Waals surface area contributed by atoms with Crippen molar-refractivity contribution in [1.82, 2.24) is 16.0 Å². The Morgan fingerprint density at radius 3 is 1.96 bits per heavy atom. The number of methoxy groups -OCH3 is 1. The zero-order chi connectivity index (χ0) is 38.8. The molecule has 3 aromatic rings. The molecule has 52 heavy (non-hydrogen) atoms. The number of ketones is 1. The SMILES string of the molecule is COc1ccc(C(NC(=O)C(Cc2cccc(Cl)c2)NC(=O)c2ccc(OCC(=O)OC(C)(C)C)cc2)C(=O)N[C@H](C(=O)C(F)(F)F)C(C)C)cc1. The minimum atomic E-state index is -5.23. The molecule has 3 amide bonds. The van der Waals surface area contributed by atoms with Crippen LogP contribution in [0.1, 0.15) is 62.1 Å². The molecule has 15 heteroatoms. The van der Waals surface area contributed by atoms with Gasteiger partial charge in [0, 0.05) is 17.0 Å². The molecule has 2 unspecified atom stereocenters. The Morgan fingerprint density at radius 2 is 1.42 bits per heavy atom. The number of rotatable bonds is 15. The van der Waals surface area contributed by atoms with Gasteiger partial charge in [-0.2, -0.15) is 13.2 Å². The molecule has 3 aromatic carbocycles. The lowest BCUT2D eigenvalue weighted by atomic mass is 9.97. The van der Waals surface area contributed by atoms with E-state index in [0.29, 0.717) is 16.3 Å². The predicted molar refractivity (Wildman–Crippen MR) is 186 cm³/mol. The first-order valence-electron chi connectivity index (χ1n) is 16.1. The van der Waals surface area contributed by atoms with Gasteiger partial charge in [-0.3, -0.25) is 19.2 Å². The van der Waals surface area contributed by atoms with E-state index in [4.69, 9.17) is 25.8 Å². The van der Waals surface area contributed by atoms with E-state index in [1.165, 1.54) is 69.5 Å². The predicted octanol–water partition coefficient (Wildman–Crippen LogP) is 5.54. The van der Waals surface area contributed by atoms with Gasteiger partial charge in [-0.1, -0.05) is 49.7 Å². The van der Waals surface area contributed by atoms with Crippen molar-refractivity contribution in [2.75, 3.05) is 13.7 Å². The summed E-state index contributed by atoms with van der Waals surface area (Å²) in [6.07, 6.45) is -5.33. The van der Waals surface area contributed by atoms with Gasteiger partial charge < -0.3 is 30.2 Å². The topological polar surface area (TPSA) is 149 Å². The van der Waals surface area contributed by atoms with Crippen LogP contribution < -0.4 is 25.4 Å². The molecule has 3 atom stereocenters. The lowest BCUT2D eigenvalue weighted by Gasteiger charge is -2.27. The monoisotopic (exact) mass is 747 g/mol. The maximum Gasteiger partial charge on any atom is 0.452 e. The maximum atomic E-state index is 14.0. The third-order valence-corrected chi connectivity index (χ3v) is 7.60. The van der Waals surface area contributed by atoms with Crippen molar-refractivity contribution in [2.45, 2.75) is 70.9 Å². The molecule has 0 radical (unpaired) electrons. The summed E-state index contributed by atoms with van der Waals surface area (Å²) in [7, 11) is 1.41. The average Bonchev–Trinajstić information content (AvgIpc) is 3.06. The molecule has 0 aliphatic rings. The highest BCUT2D eigenvalue weighted by Gasteiger charge is 2.45. The Morgan fingerprint density at radius 1 is 0.808 bits per heavy atom. The van der Waals surface area contributed by atoms with Crippen LogP contribution in [0.15, 0.2) is 72.8 Å². The van der Waals surface area contributed by atoms with Crippen molar-refractivity contribution < 1.29 is 51.4 Å².